The normalized spacial score (nSPS) is 29.8. The fraction of sp³-hybridized carbons (Fsp3) is 0.562. The van der Waals surface area contributed by atoms with Crippen molar-refractivity contribution in [1.29, 1.82) is 0 Å². The van der Waals surface area contributed by atoms with Gasteiger partial charge in [-0.15, -0.1) is 0 Å². The van der Waals surface area contributed by atoms with Gasteiger partial charge < -0.3 is 25.4 Å². The molecule has 0 aromatic carbocycles. The lowest BCUT2D eigenvalue weighted by molar-refractivity contribution is -0.0511. The molecule has 1 aliphatic carbocycles. The van der Waals surface area contributed by atoms with E-state index in [0.29, 0.717) is 17.0 Å². The number of anilines is 1. The number of allylic oxidation sites excluding steroid dienone is 2. The average Bonchev–Trinajstić information content (AvgIpc) is 3.18. The van der Waals surface area contributed by atoms with Gasteiger partial charge in [0.1, 0.15) is 24.6 Å². The third kappa shape index (κ3) is 2.89. The Labute approximate surface area is 144 Å². The van der Waals surface area contributed by atoms with Crippen molar-refractivity contribution < 1.29 is 20.1 Å². The van der Waals surface area contributed by atoms with Crippen LogP contribution in [0.5, 0.6) is 0 Å². The van der Waals surface area contributed by atoms with E-state index < -0.39 is 24.5 Å². The molecule has 1 saturated heterocycles. The molecule has 3 heterocycles. The van der Waals surface area contributed by atoms with E-state index >= 15 is 0 Å². The van der Waals surface area contributed by atoms with Gasteiger partial charge >= 0.3 is 0 Å². The number of aliphatic hydroxyl groups is 3. The fourth-order valence-electron chi connectivity index (χ4n) is 3.34. The highest BCUT2D eigenvalue weighted by atomic mass is 16.6. The van der Waals surface area contributed by atoms with Crippen LogP contribution >= 0.6 is 0 Å². The van der Waals surface area contributed by atoms with Crippen molar-refractivity contribution in [2.45, 2.75) is 50.2 Å². The summed E-state index contributed by atoms with van der Waals surface area (Å²) in [5.74, 6) is 0.601. The molecule has 2 aliphatic rings. The fourth-order valence-corrected chi connectivity index (χ4v) is 3.34. The second-order valence-electron chi connectivity index (χ2n) is 6.38. The van der Waals surface area contributed by atoms with Gasteiger partial charge in [0.2, 0.25) is 0 Å². The second kappa shape index (κ2) is 6.68. The lowest BCUT2D eigenvalue weighted by atomic mass is 10.1. The van der Waals surface area contributed by atoms with E-state index in [0.717, 1.165) is 25.0 Å². The molecule has 25 heavy (non-hydrogen) atoms. The van der Waals surface area contributed by atoms with Crippen LogP contribution in [0.3, 0.4) is 0 Å². The molecule has 0 amide bonds. The van der Waals surface area contributed by atoms with Gasteiger partial charge in [-0.25, -0.2) is 15.0 Å². The molecule has 4 atom stereocenters. The van der Waals surface area contributed by atoms with Gasteiger partial charge in [0, 0.05) is 5.70 Å². The minimum Gasteiger partial charge on any atom is -0.394 e. The van der Waals surface area contributed by atoms with E-state index in [9.17, 15) is 15.3 Å². The number of ether oxygens (including phenoxy) is 1. The zero-order valence-corrected chi connectivity index (χ0v) is 13.6. The maximum absolute atomic E-state index is 10.2. The van der Waals surface area contributed by atoms with Crippen LogP contribution in [0.2, 0.25) is 0 Å². The van der Waals surface area contributed by atoms with Gasteiger partial charge in [0.05, 0.1) is 12.9 Å². The van der Waals surface area contributed by atoms with Crippen molar-refractivity contribution in [1.82, 2.24) is 19.5 Å². The van der Waals surface area contributed by atoms with Crippen molar-refractivity contribution >= 4 is 17.0 Å². The molecule has 2 aromatic heterocycles. The summed E-state index contributed by atoms with van der Waals surface area (Å²) in [5.41, 5.74) is 2.17. The van der Waals surface area contributed by atoms with Crippen molar-refractivity contribution in [2.24, 2.45) is 0 Å². The summed E-state index contributed by atoms with van der Waals surface area (Å²) in [6, 6.07) is 0. The second-order valence-corrected chi connectivity index (χ2v) is 6.38. The molecule has 0 unspecified atom stereocenters. The van der Waals surface area contributed by atoms with E-state index in [-0.39, 0.29) is 6.61 Å². The molecule has 9 heteroatoms. The summed E-state index contributed by atoms with van der Waals surface area (Å²) in [4.78, 5) is 12.9. The molecule has 0 saturated carbocycles. The summed E-state index contributed by atoms with van der Waals surface area (Å²) < 4.78 is 7.11. The third-order valence-corrected chi connectivity index (χ3v) is 4.72. The van der Waals surface area contributed by atoms with Gasteiger partial charge in [0.25, 0.3) is 0 Å². The van der Waals surface area contributed by atoms with Crippen LogP contribution in [-0.2, 0) is 4.74 Å². The number of nitrogens with zero attached hydrogens (tertiary/aromatic N) is 4. The molecular weight excluding hydrogens is 326 g/mol. The summed E-state index contributed by atoms with van der Waals surface area (Å²) in [5, 5.41) is 32.7. The first kappa shape index (κ1) is 16.4. The predicted octanol–water partition coefficient (Wildman–Crippen LogP) is 0.308. The quantitative estimate of drug-likeness (QED) is 0.622. The zero-order valence-electron chi connectivity index (χ0n) is 13.6. The van der Waals surface area contributed by atoms with Crippen LogP contribution in [0.4, 0.5) is 5.82 Å². The highest BCUT2D eigenvalue weighted by molar-refractivity contribution is 5.83. The monoisotopic (exact) mass is 347 g/mol. The van der Waals surface area contributed by atoms with Crippen LogP contribution in [0.15, 0.2) is 24.4 Å². The number of hydrogen-bond acceptors (Lipinski definition) is 8. The highest BCUT2D eigenvalue weighted by Crippen LogP contribution is 2.32. The molecule has 2 aromatic rings. The third-order valence-electron chi connectivity index (χ3n) is 4.72. The summed E-state index contributed by atoms with van der Waals surface area (Å²) >= 11 is 0. The first-order valence-electron chi connectivity index (χ1n) is 8.45. The summed E-state index contributed by atoms with van der Waals surface area (Å²) in [6.07, 6.45) is 5.40. The van der Waals surface area contributed by atoms with E-state index in [2.05, 4.69) is 26.3 Å². The molecule has 1 aliphatic heterocycles. The largest absolute Gasteiger partial charge is 0.394 e. The Balaban J connectivity index is 1.66. The maximum Gasteiger partial charge on any atom is 0.167 e. The average molecular weight is 347 g/mol. The maximum atomic E-state index is 10.2. The Kier molecular flexibility index (Phi) is 4.38. The lowest BCUT2D eigenvalue weighted by Crippen LogP contribution is -2.33. The SMILES string of the molecule is OC[C@H]1O[C@@H](n2cnc3c(NC4=CCCCC4)ncnc32)[C@H](O)[C@@H]1O. The number of nitrogens with one attached hydrogen (secondary N) is 1. The lowest BCUT2D eigenvalue weighted by Gasteiger charge is -2.17. The number of fused-ring (bicyclic) bond motifs is 1. The minimum absolute atomic E-state index is 0.378. The molecule has 1 fully saturated rings. The molecule has 4 rings (SSSR count). The molecule has 4 N–H and O–H groups in total. The number of rotatable bonds is 4. The Bertz CT molecular complexity index is 792. The number of aromatic nitrogens is 4. The summed E-state index contributed by atoms with van der Waals surface area (Å²) in [7, 11) is 0. The molecule has 0 radical (unpaired) electrons. The zero-order chi connectivity index (χ0) is 17.4. The van der Waals surface area contributed by atoms with Crippen molar-refractivity contribution in [2.75, 3.05) is 11.9 Å². The Hall–Kier alpha value is -2.07. The van der Waals surface area contributed by atoms with Gasteiger partial charge in [0.15, 0.2) is 23.2 Å². The number of imidazole rings is 1. The number of hydrogen-bond donors (Lipinski definition) is 4. The van der Waals surface area contributed by atoms with Crippen LogP contribution in [-0.4, -0.2) is 59.8 Å². The van der Waals surface area contributed by atoms with Crippen LogP contribution in [0, 0.1) is 0 Å². The van der Waals surface area contributed by atoms with Crippen LogP contribution in [0.1, 0.15) is 31.9 Å². The Morgan fingerprint density at radius 3 is 2.80 bits per heavy atom. The van der Waals surface area contributed by atoms with E-state index in [1.54, 1.807) is 4.57 Å². The topological polar surface area (TPSA) is 126 Å². The molecule has 0 spiro atoms. The van der Waals surface area contributed by atoms with Crippen molar-refractivity contribution in [3.05, 3.63) is 24.4 Å². The van der Waals surface area contributed by atoms with Gasteiger partial charge in [-0.2, -0.15) is 0 Å². The minimum atomic E-state index is -1.18. The molecular formula is C16H21N5O4. The smallest absolute Gasteiger partial charge is 0.167 e. The van der Waals surface area contributed by atoms with Crippen LogP contribution < -0.4 is 5.32 Å². The van der Waals surface area contributed by atoms with Crippen LogP contribution in [0.25, 0.3) is 11.2 Å². The molecule has 134 valence electrons. The van der Waals surface area contributed by atoms with Crippen molar-refractivity contribution in [3.63, 3.8) is 0 Å². The molecule has 9 nitrogen and oxygen atoms in total. The summed E-state index contributed by atoms with van der Waals surface area (Å²) in [6.45, 7) is -0.378. The molecule has 0 bridgehead atoms. The van der Waals surface area contributed by atoms with Gasteiger partial charge in [-0.05, 0) is 25.7 Å². The van der Waals surface area contributed by atoms with Crippen molar-refractivity contribution in [3.8, 4) is 0 Å². The van der Waals surface area contributed by atoms with E-state index in [1.165, 1.54) is 19.1 Å². The first-order valence-corrected chi connectivity index (χ1v) is 8.45. The van der Waals surface area contributed by atoms with Gasteiger partial charge in [-0.1, -0.05) is 6.08 Å². The number of aliphatic hydroxyl groups excluding tert-OH is 3. The van der Waals surface area contributed by atoms with Gasteiger partial charge in [-0.3, -0.25) is 4.57 Å². The standard InChI is InChI=1S/C16H21N5O4/c22-6-10-12(23)13(24)16(25-10)21-8-19-11-14(17-7-18-15(11)21)20-9-4-2-1-3-5-9/h4,7-8,10,12-13,16,22-24H,1-3,5-6H2,(H,17,18,20)/t10-,12-,13-,16-/m1/s1. The van der Waals surface area contributed by atoms with E-state index in [1.807, 2.05) is 0 Å². The van der Waals surface area contributed by atoms with E-state index in [4.69, 9.17) is 4.74 Å². The predicted molar refractivity (Wildman–Crippen MR) is 88.5 cm³/mol. The highest BCUT2D eigenvalue weighted by Gasteiger charge is 2.44. The Morgan fingerprint density at radius 2 is 2.08 bits per heavy atom. The Morgan fingerprint density at radius 1 is 1.20 bits per heavy atom. The first-order chi connectivity index (χ1) is 12.2.